The zero-order valence-corrected chi connectivity index (χ0v) is 7.35. The first-order chi connectivity index (χ1) is 5.07. The van der Waals surface area contributed by atoms with Crippen LogP contribution in [0.2, 0.25) is 0 Å². The van der Waals surface area contributed by atoms with Crippen LogP contribution in [0.15, 0.2) is 0 Å². The highest BCUT2D eigenvalue weighted by Crippen LogP contribution is 1.97. The molecule has 0 aromatic carbocycles. The molecule has 0 aliphatic heterocycles. The third-order valence-electron chi connectivity index (χ3n) is 1.30. The molecule has 0 rings (SSSR count). The molecule has 0 spiro atoms. The van der Waals surface area contributed by atoms with Crippen molar-refractivity contribution in [3.05, 3.63) is 0 Å². The van der Waals surface area contributed by atoms with Gasteiger partial charge in [-0.15, -0.1) is 11.6 Å². The Morgan fingerprint density at radius 1 is 1.55 bits per heavy atom. The van der Waals surface area contributed by atoms with Crippen molar-refractivity contribution in [3.8, 4) is 0 Å². The van der Waals surface area contributed by atoms with Crippen molar-refractivity contribution in [2.75, 3.05) is 12.5 Å². The molecule has 0 aliphatic carbocycles. The average molecular weight is 179 g/mol. The Morgan fingerprint density at radius 3 is 2.45 bits per heavy atom. The highest BCUT2D eigenvalue weighted by Gasteiger charge is 2.09. The van der Waals surface area contributed by atoms with Crippen LogP contribution >= 0.6 is 11.6 Å². The van der Waals surface area contributed by atoms with Crippen LogP contribution < -0.4 is 0 Å². The Morgan fingerprint density at radius 2 is 2.09 bits per heavy atom. The van der Waals surface area contributed by atoms with Gasteiger partial charge in [0.1, 0.15) is 18.3 Å². The van der Waals surface area contributed by atoms with Crippen LogP contribution in [-0.4, -0.2) is 24.2 Å². The number of carbonyl (C=O) groups excluding carboxylic acids is 2. The molecule has 0 radical (unpaired) electrons. The van der Waals surface area contributed by atoms with Crippen molar-refractivity contribution in [2.24, 2.45) is 5.92 Å². The maximum absolute atomic E-state index is 10.6. The summed E-state index contributed by atoms with van der Waals surface area (Å²) in [6.07, 6.45) is 0. The standard InChI is InChI=1S/C7H11ClO3/c1-5(6(2)9)4-11-7(10)3-8/h5H,3-4H2,1-2H3. The highest BCUT2D eigenvalue weighted by atomic mass is 35.5. The molecule has 0 saturated carbocycles. The fourth-order valence-electron chi connectivity index (χ4n) is 0.374. The monoisotopic (exact) mass is 178 g/mol. The van der Waals surface area contributed by atoms with Crippen LogP contribution in [-0.2, 0) is 14.3 Å². The molecule has 0 aliphatic rings. The SMILES string of the molecule is CC(=O)C(C)COC(=O)CCl. The second kappa shape index (κ2) is 5.13. The van der Waals surface area contributed by atoms with E-state index in [1.807, 2.05) is 0 Å². The number of alkyl halides is 1. The lowest BCUT2D eigenvalue weighted by molar-refractivity contribution is -0.142. The van der Waals surface area contributed by atoms with Gasteiger partial charge in [-0.1, -0.05) is 6.92 Å². The number of Topliss-reactive ketones (excluding diaryl/α,β-unsaturated/α-hetero) is 1. The molecule has 64 valence electrons. The smallest absolute Gasteiger partial charge is 0.320 e. The molecule has 11 heavy (non-hydrogen) atoms. The highest BCUT2D eigenvalue weighted by molar-refractivity contribution is 6.26. The van der Waals surface area contributed by atoms with Crippen LogP contribution in [0.1, 0.15) is 13.8 Å². The van der Waals surface area contributed by atoms with E-state index in [-0.39, 0.29) is 24.2 Å². The average Bonchev–Trinajstić information content (AvgIpc) is 1.99. The van der Waals surface area contributed by atoms with E-state index in [1.54, 1.807) is 6.92 Å². The van der Waals surface area contributed by atoms with E-state index in [0.717, 1.165) is 0 Å². The lowest BCUT2D eigenvalue weighted by atomic mass is 10.1. The third kappa shape index (κ3) is 4.79. The molecule has 0 heterocycles. The molecular weight excluding hydrogens is 168 g/mol. The molecule has 4 heteroatoms. The molecule has 0 saturated heterocycles. The molecule has 1 unspecified atom stereocenters. The van der Waals surface area contributed by atoms with Gasteiger partial charge in [0, 0.05) is 5.92 Å². The fourth-order valence-corrected chi connectivity index (χ4v) is 0.451. The lowest BCUT2D eigenvalue weighted by Gasteiger charge is -2.06. The zero-order chi connectivity index (χ0) is 8.85. The van der Waals surface area contributed by atoms with Gasteiger partial charge in [0.05, 0.1) is 0 Å². The van der Waals surface area contributed by atoms with Crippen molar-refractivity contribution >= 4 is 23.4 Å². The molecule has 0 bridgehead atoms. The Kier molecular flexibility index (Phi) is 4.86. The van der Waals surface area contributed by atoms with Crippen molar-refractivity contribution in [3.63, 3.8) is 0 Å². The summed E-state index contributed by atoms with van der Waals surface area (Å²) in [5.41, 5.74) is 0. The summed E-state index contributed by atoms with van der Waals surface area (Å²) in [6, 6.07) is 0. The van der Waals surface area contributed by atoms with Crippen LogP contribution in [0.5, 0.6) is 0 Å². The number of esters is 1. The Bertz CT molecular complexity index is 156. The van der Waals surface area contributed by atoms with E-state index < -0.39 is 5.97 Å². The van der Waals surface area contributed by atoms with Gasteiger partial charge < -0.3 is 4.74 Å². The van der Waals surface area contributed by atoms with Crippen molar-refractivity contribution in [1.29, 1.82) is 0 Å². The van der Waals surface area contributed by atoms with E-state index >= 15 is 0 Å². The van der Waals surface area contributed by atoms with Crippen LogP contribution in [0.4, 0.5) is 0 Å². The van der Waals surface area contributed by atoms with E-state index in [4.69, 9.17) is 11.6 Å². The van der Waals surface area contributed by atoms with Gasteiger partial charge in [0.25, 0.3) is 0 Å². The number of ether oxygens (including phenoxy) is 1. The largest absolute Gasteiger partial charge is 0.464 e. The molecule has 0 N–H and O–H groups in total. The minimum absolute atomic E-state index is 0.00683. The minimum atomic E-state index is -0.486. The number of hydrogen-bond donors (Lipinski definition) is 0. The van der Waals surface area contributed by atoms with E-state index in [9.17, 15) is 9.59 Å². The second-order valence-electron chi connectivity index (χ2n) is 2.33. The maximum atomic E-state index is 10.6. The third-order valence-corrected chi connectivity index (χ3v) is 1.52. The number of carbonyl (C=O) groups is 2. The summed E-state index contributed by atoms with van der Waals surface area (Å²) in [4.78, 5) is 21.1. The van der Waals surface area contributed by atoms with Crippen LogP contribution in [0.3, 0.4) is 0 Å². The summed E-state index contributed by atoms with van der Waals surface area (Å²) >= 11 is 5.16. The number of ketones is 1. The van der Waals surface area contributed by atoms with Gasteiger partial charge in [-0.2, -0.15) is 0 Å². The summed E-state index contributed by atoms with van der Waals surface area (Å²) in [5.74, 6) is -0.876. The number of rotatable bonds is 4. The predicted octanol–water partition coefficient (Wildman–Crippen LogP) is 0.994. The summed E-state index contributed by atoms with van der Waals surface area (Å²) < 4.78 is 4.62. The van der Waals surface area contributed by atoms with Gasteiger partial charge in [-0.3, -0.25) is 9.59 Å². The molecular formula is C7H11ClO3. The van der Waals surface area contributed by atoms with Gasteiger partial charge in [0.2, 0.25) is 0 Å². The molecule has 1 atom stereocenters. The normalized spacial score (nSPS) is 12.3. The van der Waals surface area contributed by atoms with Gasteiger partial charge in [-0.05, 0) is 6.92 Å². The second-order valence-corrected chi connectivity index (χ2v) is 2.60. The van der Waals surface area contributed by atoms with Gasteiger partial charge in [0.15, 0.2) is 0 Å². The molecule has 0 aromatic rings. The van der Waals surface area contributed by atoms with Crippen molar-refractivity contribution in [1.82, 2.24) is 0 Å². The molecule has 0 amide bonds. The Hall–Kier alpha value is -0.570. The predicted molar refractivity (Wildman–Crippen MR) is 41.5 cm³/mol. The van der Waals surface area contributed by atoms with Gasteiger partial charge in [-0.25, -0.2) is 0 Å². The van der Waals surface area contributed by atoms with Crippen LogP contribution in [0.25, 0.3) is 0 Å². The zero-order valence-electron chi connectivity index (χ0n) is 6.59. The summed E-state index contributed by atoms with van der Waals surface area (Å²) in [6.45, 7) is 3.28. The number of halogens is 1. The minimum Gasteiger partial charge on any atom is -0.464 e. The fraction of sp³-hybridized carbons (Fsp3) is 0.714. The Balaban J connectivity index is 3.54. The Labute approximate surface area is 70.7 Å². The summed E-state index contributed by atoms with van der Waals surface area (Å²) in [7, 11) is 0. The lowest BCUT2D eigenvalue weighted by Crippen LogP contribution is -2.17. The molecule has 3 nitrogen and oxygen atoms in total. The maximum Gasteiger partial charge on any atom is 0.320 e. The molecule has 0 aromatic heterocycles. The van der Waals surface area contributed by atoms with Crippen LogP contribution in [0, 0.1) is 5.92 Å². The topological polar surface area (TPSA) is 43.4 Å². The first-order valence-electron chi connectivity index (χ1n) is 3.30. The first-order valence-corrected chi connectivity index (χ1v) is 3.83. The first kappa shape index (κ1) is 10.4. The van der Waals surface area contributed by atoms with E-state index in [1.165, 1.54) is 6.92 Å². The summed E-state index contributed by atoms with van der Waals surface area (Å²) in [5, 5.41) is 0. The number of hydrogen-bond acceptors (Lipinski definition) is 3. The van der Waals surface area contributed by atoms with E-state index in [0.29, 0.717) is 0 Å². The van der Waals surface area contributed by atoms with Crippen molar-refractivity contribution < 1.29 is 14.3 Å². The van der Waals surface area contributed by atoms with Crippen molar-refractivity contribution in [2.45, 2.75) is 13.8 Å². The van der Waals surface area contributed by atoms with Gasteiger partial charge >= 0.3 is 5.97 Å². The van der Waals surface area contributed by atoms with E-state index in [2.05, 4.69) is 4.74 Å². The quantitative estimate of drug-likeness (QED) is 0.477. The molecule has 0 fully saturated rings.